The summed E-state index contributed by atoms with van der Waals surface area (Å²) in [6, 6.07) is 11.9. The minimum atomic E-state index is -0.0525. The monoisotopic (exact) mass is 297 g/mol. The Morgan fingerprint density at radius 3 is 2.55 bits per heavy atom. The maximum atomic E-state index is 12.5. The van der Waals surface area contributed by atoms with Gasteiger partial charge in [-0.05, 0) is 43.2 Å². The fraction of sp³-hybridized carbons (Fsp3) is 0.278. The number of carbonyl (C=O) groups excluding carboxylic acids is 1. The molecule has 1 aliphatic rings. The molecule has 0 spiro atoms. The summed E-state index contributed by atoms with van der Waals surface area (Å²) in [4.78, 5) is 14.2. The van der Waals surface area contributed by atoms with Gasteiger partial charge in [0.25, 0.3) is 5.91 Å². The van der Waals surface area contributed by atoms with Gasteiger partial charge in [0.05, 0.1) is 13.7 Å². The summed E-state index contributed by atoms with van der Waals surface area (Å²) < 4.78 is 11.0. The number of ether oxygens (including phenoxy) is 2. The SMILES string of the molecule is COc1cccc2c1OCC(=O)N(c1cc(C)cc(C)c1)C2. The second-order valence-corrected chi connectivity index (χ2v) is 5.56. The lowest BCUT2D eigenvalue weighted by molar-refractivity contribution is -0.120. The normalized spacial score (nSPS) is 14.1. The second kappa shape index (κ2) is 5.72. The molecular weight excluding hydrogens is 278 g/mol. The molecule has 1 amide bonds. The molecule has 0 bridgehead atoms. The van der Waals surface area contributed by atoms with Gasteiger partial charge in [-0.15, -0.1) is 0 Å². The first-order chi connectivity index (χ1) is 10.6. The molecule has 0 saturated heterocycles. The molecule has 4 nitrogen and oxygen atoms in total. The van der Waals surface area contributed by atoms with Gasteiger partial charge in [0.1, 0.15) is 0 Å². The van der Waals surface area contributed by atoms with E-state index in [2.05, 4.69) is 6.07 Å². The van der Waals surface area contributed by atoms with E-state index in [1.54, 1.807) is 12.0 Å². The molecule has 2 aromatic carbocycles. The number of hydrogen-bond acceptors (Lipinski definition) is 3. The highest BCUT2D eigenvalue weighted by Crippen LogP contribution is 2.35. The summed E-state index contributed by atoms with van der Waals surface area (Å²) in [7, 11) is 1.60. The molecular formula is C18H19NO3. The van der Waals surface area contributed by atoms with E-state index in [1.165, 1.54) is 0 Å². The quantitative estimate of drug-likeness (QED) is 0.854. The second-order valence-electron chi connectivity index (χ2n) is 5.56. The van der Waals surface area contributed by atoms with Gasteiger partial charge in [0, 0.05) is 11.3 Å². The van der Waals surface area contributed by atoms with Gasteiger partial charge in [-0.1, -0.05) is 18.2 Å². The predicted octanol–water partition coefficient (Wildman–Crippen LogP) is 3.24. The molecule has 1 heterocycles. The van der Waals surface area contributed by atoms with Crippen LogP contribution in [0.5, 0.6) is 11.5 Å². The Kier molecular flexibility index (Phi) is 3.75. The van der Waals surface area contributed by atoms with Crippen LogP contribution >= 0.6 is 0 Å². The third kappa shape index (κ3) is 2.64. The van der Waals surface area contributed by atoms with Crippen molar-refractivity contribution in [3.8, 4) is 11.5 Å². The summed E-state index contributed by atoms with van der Waals surface area (Å²) >= 11 is 0. The topological polar surface area (TPSA) is 38.8 Å². The average Bonchev–Trinajstić information content (AvgIpc) is 2.65. The van der Waals surface area contributed by atoms with Crippen LogP contribution in [0.2, 0.25) is 0 Å². The number of carbonyl (C=O) groups is 1. The molecule has 0 aliphatic carbocycles. The van der Waals surface area contributed by atoms with E-state index >= 15 is 0 Å². The highest BCUT2D eigenvalue weighted by Gasteiger charge is 2.25. The lowest BCUT2D eigenvalue weighted by atomic mass is 10.1. The van der Waals surface area contributed by atoms with Crippen LogP contribution in [0, 0.1) is 13.8 Å². The van der Waals surface area contributed by atoms with Crippen LogP contribution in [0.3, 0.4) is 0 Å². The highest BCUT2D eigenvalue weighted by molar-refractivity contribution is 5.95. The summed E-state index contributed by atoms with van der Waals surface area (Å²) in [6.07, 6.45) is 0. The number of nitrogens with zero attached hydrogens (tertiary/aromatic N) is 1. The first-order valence-electron chi connectivity index (χ1n) is 7.26. The Bertz CT molecular complexity index is 704. The van der Waals surface area contributed by atoms with Crippen molar-refractivity contribution in [2.75, 3.05) is 18.6 Å². The number of rotatable bonds is 2. The van der Waals surface area contributed by atoms with E-state index in [-0.39, 0.29) is 12.5 Å². The zero-order valence-corrected chi connectivity index (χ0v) is 13.1. The molecule has 0 radical (unpaired) electrons. The van der Waals surface area contributed by atoms with Crippen molar-refractivity contribution in [1.29, 1.82) is 0 Å². The van der Waals surface area contributed by atoms with Gasteiger partial charge in [0.15, 0.2) is 18.1 Å². The number of amides is 1. The number of methoxy groups -OCH3 is 1. The number of benzene rings is 2. The number of hydrogen-bond donors (Lipinski definition) is 0. The molecule has 22 heavy (non-hydrogen) atoms. The highest BCUT2D eigenvalue weighted by atomic mass is 16.5. The van der Waals surface area contributed by atoms with E-state index in [1.807, 2.05) is 44.2 Å². The van der Waals surface area contributed by atoms with Gasteiger partial charge < -0.3 is 14.4 Å². The van der Waals surface area contributed by atoms with Crippen LogP contribution in [-0.2, 0) is 11.3 Å². The summed E-state index contributed by atoms with van der Waals surface area (Å²) in [5, 5.41) is 0. The Labute approximate surface area is 130 Å². The molecule has 4 heteroatoms. The third-order valence-electron chi connectivity index (χ3n) is 3.77. The van der Waals surface area contributed by atoms with Crippen molar-refractivity contribution in [2.24, 2.45) is 0 Å². The zero-order valence-electron chi connectivity index (χ0n) is 13.1. The van der Waals surface area contributed by atoms with Crippen molar-refractivity contribution in [3.05, 3.63) is 53.1 Å². The number of anilines is 1. The first kappa shape index (κ1) is 14.4. The van der Waals surface area contributed by atoms with Crippen LogP contribution in [-0.4, -0.2) is 19.6 Å². The van der Waals surface area contributed by atoms with Crippen LogP contribution < -0.4 is 14.4 Å². The standard InChI is InChI=1S/C18H19NO3/c1-12-7-13(2)9-15(8-12)19-10-14-5-4-6-16(21-3)18(14)22-11-17(19)20/h4-9H,10-11H2,1-3H3. The van der Waals surface area contributed by atoms with Gasteiger partial charge >= 0.3 is 0 Å². The van der Waals surface area contributed by atoms with Crippen LogP contribution in [0.1, 0.15) is 16.7 Å². The molecule has 2 aromatic rings. The zero-order chi connectivity index (χ0) is 15.7. The molecule has 1 aliphatic heterocycles. The number of fused-ring (bicyclic) bond motifs is 1. The minimum absolute atomic E-state index is 0.0142. The smallest absolute Gasteiger partial charge is 0.265 e. The predicted molar refractivity (Wildman–Crippen MR) is 85.6 cm³/mol. The van der Waals surface area contributed by atoms with Crippen molar-refractivity contribution in [3.63, 3.8) is 0 Å². The summed E-state index contributed by atoms with van der Waals surface area (Å²) in [6.45, 7) is 4.56. The first-order valence-corrected chi connectivity index (χ1v) is 7.26. The minimum Gasteiger partial charge on any atom is -0.493 e. The molecule has 0 saturated carbocycles. The molecule has 0 atom stereocenters. The van der Waals surface area contributed by atoms with E-state index in [4.69, 9.17) is 9.47 Å². The van der Waals surface area contributed by atoms with Gasteiger partial charge in [-0.3, -0.25) is 4.79 Å². The molecule has 3 rings (SSSR count). The van der Waals surface area contributed by atoms with Crippen LogP contribution in [0.4, 0.5) is 5.69 Å². The lowest BCUT2D eigenvalue weighted by Gasteiger charge is -2.21. The third-order valence-corrected chi connectivity index (χ3v) is 3.77. The Balaban J connectivity index is 2.03. The van der Waals surface area contributed by atoms with Gasteiger partial charge in [-0.25, -0.2) is 0 Å². The maximum absolute atomic E-state index is 12.5. The molecule has 0 aromatic heterocycles. The number of aryl methyl sites for hydroxylation is 2. The largest absolute Gasteiger partial charge is 0.493 e. The van der Waals surface area contributed by atoms with E-state index in [0.717, 1.165) is 22.4 Å². The summed E-state index contributed by atoms with van der Waals surface area (Å²) in [5.41, 5.74) is 4.13. The fourth-order valence-corrected chi connectivity index (χ4v) is 2.82. The molecule has 0 unspecified atom stereocenters. The van der Waals surface area contributed by atoms with Gasteiger partial charge in [0.2, 0.25) is 0 Å². The number of para-hydroxylation sites is 1. The fourth-order valence-electron chi connectivity index (χ4n) is 2.82. The summed E-state index contributed by atoms with van der Waals surface area (Å²) in [5.74, 6) is 1.26. The molecule has 0 N–H and O–H groups in total. The molecule has 0 fully saturated rings. The van der Waals surface area contributed by atoms with Crippen LogP contribution in [0.25, 0.3) is 0 Å². The van der Waals surface area contributed by atoms with Crippen molar-refractivity contribution < 1.29 is 14.3 Å². The lowest BCUT2D eigenvalue weighted by Crippen LogP contribution is -2.32. The Morgan fingerprint density at radius 1 is 1.14 bits per heavy atom. The van der Waals surface area contributed by atoms with E-state index < -0.39 is 0 Å². The van der Waals surface area contributed by atoms with E-state index in [9.17, 15) is 4.79 Å². The van der Waals surface area contributed by atoms with Crippen molar-refractivity contribution in [2.45, 2.75) is 20.4 Å². The van der Waals surface area contributed by atoms with Gasteiger partial charge in [-0.2, -0.15) is 0 Å². The Hall–Kier alpha value is -2.49. The van der Waals surface area contributed by atoms with Crippen molar-refractivity contribution in [1.82, 2.24) is 0 Å². The molecule has 114 valence electrons. The van der Waals surface area contributed by atoms with Crippen molar-refractivity contribution >= 4 is 11.6 Å². The maximum Gasteiger partial charge on any atom is 0.265 e. The van der Waals surface area contributed by atoms with Crippen LogP contribution in [0.15, 0.2) is 36.4 Å². The van der Waals surface area contributed by atoms with E-state index in [0.29, 0.717) is 18.0 Å². The average molecular weight is 297 g/mol. The Morgan fingerprint density at radius 2 is 1.86 bits per heavy atom.